The van der Waals surface area contributed by atoms with Gasteiger partial charge in [0.2, 0.25) is 5.91 Å². The van der Waals surface area contributed by atoms with E-state index >= 15 is 0 Å². The van der Waals surface area contributed by atoms with Gasteiger partial charge in [-0.05, 0) is 26.0 Å². The average Bonchev–Trinajstić information content (AvgIpc) is 2.21. The van der Waals surface area contributed by atoms with Gasteiger partial charge in [-0.3, -0.25) is 4.79 Å². The summed E-state index contributed by atoms with van der Waals surface area (Å²) in [6, 6.07) is 3.31. The van der Waals surface area contributed by atoms with E-state index in [1.807, 2.05) is 0 Å². The van der Waals surface area contributed by atoms with E-state index in [1.54, 1.807) is 13.8 Å². The van der Waals surface area contributed by atoms with Crippen molar-refractivity contribution in [2.24, 2.45) is 0 Å². The van der Waals surface area contributed by atoms with Gasteiger partial charge in [0.05, 0.1) is 4.75 Å². The molecule has 5 heteroatoms. The molecule has 0 aliphatic carbocycles. The highest BCUT2D eigenvalue weighted by Crippen LogP contribution is 2.34. The van der Waals surface area contributed by atoms with Crippen molar-refractivity contribution < 1.29 is 13.6 Å². The minimum atomic E-state index is -0.798. The fourth-order valence-corrected chi connectivity index (χ4v) is 2.22. The molecule has 0 atom stereocenters. The van der Waals surface area contributed by atoms with Crippen molar-refractivity contribution in [3.8, 4) is 0 Å². The Balaban J connectivity index is 2.92. The summed E-state index contributed by atoms with van der Waals surface area (Å²) in [5.74, 6) is -1.48. The van der Waals surface area contributed by atoms with Crippen molar-refractivity contribution in [2.75, 3.05) is 7.05 Å². The smallest absolute Gasteiger partial charge is 0.235 e. The van der Waals surface area contributed by atoms with Gasteiger partial charge in [0, 0.05) is 18.0 Å². The SMILES string of the molecule is CNC(=O)C(C)(C)Sc1ccc(F)cc1F. The van der Waals surface area contributed by atoms with Gasteiger partial charge in [0.15, 0.2) is 0 Å². The number of amides is 1. The first kappa shape index (κ1) is 13.0. The fourth-order valence-electron chi connectivity index (χ4n) is 1.18. The molecule has 88 valence electrons. The van der Waals surface area contributed by atoms with Gasteiger partial charge in [-0.2, -0.15) is 0 Å². The molecule has 0 fully saturated rings. The number of rotatable bonds is 3. The number of thioether (sulfide) groups is 1. The van der Waals surface area contributed by atoms with Gasteiger partial charge in [0.25, 0.3) is 0 Å². The molecule has 0 aliphatic heterocycles. The molecule has 0 radical (unpaired) electrons. The fraction of sp³-hybridized carbons (Fsp3) is 0.364. The van der Waals surface area contributed by atoms with Crippen molar-refractivity contribution in [1.82, 2.24) is 5.32 Å². The summed E-state index contributed by atoms with van der Waals surface area (Å²) in [5.41, 5.74) is 0. The Morgan fingerprint density at radius 2 is 2.00 bits per heavy atom. The number of nitrogens with one attached hydrogen (secondary N) is 1. The topological polar surface area (TPSA) is 29.1 Å². The van der Waals surface area contributed by atoms with Gasteiger partial charge < -0.3 is 5.32 Å². The minimum absolute atomic E-state index is 0.207. The van der Waals surface area contributed by atoms with E-state index in [2.05, 4.69) is 5.32 Å². The third kappa shape index (κ3) is 2.95. The summed E-state index contributed by atoms with van der Waals surface area (Å²) >= 11 is 1.06. The molecule has 2 nitrogen and oxygen atoms in total. The second-order valence-corrected chi connectivity index (χ2v) is 5.43. The highest BCUT2D eigenvalue weighted by molar-refractivity contribution is 8.01. The predicted molar refractivity (Wildman–Crippen MR) is 60.4 cm³/mol. The average molecular weight is 245 g/mol. The number of hydrogen-bond acceptors (Lipinski definition) is 2. The molecule has 0 bridgehead atoms. The van der Waals surface area contributed by atoms with Crippen LogP contribution in [0, 0.1) is 11.6 Å². The van der Waals surface area contributed by atoms with Gasteiger partial charge >= 0.3 is 0 Å². The lowest BCUT2D eigenvalue weighted by atomic mass is 10.2. The third-order valence-electron chi connectivity index (χ3n) is 2.03. The summed E-state index contributed by atoms with van der Waals surface area (Å²) < 4.78 is 25.2. The lowest BCUT2D eigenvalue weighted by Crippen LogP contribution is -2.37. The van der Waals surface area contributed by atoms with Crippen LogP contribution in [0.3, 0.4) is 0 Å². The van der Waals surface area contributed by atoms with Crippen LogP contribution in [0.2, 0.25) is 0 Å². The molecule has 0 saturated heterocycles. The molecule has 0 saturated carbocycles. The number of benzene rings is 1. The Labute approximate surface area is 97.4 Å². The predicted octanol–water partition coefficient (Wildman–Crippen LogP) is 2.58. The molecule has 0 heterocycles. The molecule has 0 aliphatic rings. The first-order valence-electron chi connectivity index (χ1n) is 4.73. The van der Waals surface area contributed by atoms with Crippen molar-refractivity contribution in [3.63, 3.8) is 0 Å². The Morgan fingerprint density at radius 3 is 2.50 bits per heavy atom. The van der Waals surface area contributed by atoms with Crippen LogP contribution < -0.4 is 5.32 Å². The molecule has 0 spiro atoms. The maximum atomic E-state index is 13.4. The van der Waals surface area contributed by atoms with E-state index in [1.165, 1.54) is 19.2 Å². The summed E-state index contributed by atoms with van der Waals surface area (Å²) in [6.07, 6.45) is 0. The highest BCUT2D eigenvalue weighted by atomic mass is 32.2. The van der Waals surface area contributed by atoms with Crippen molar-refractivity contribution >= 4 is 17.7 Å². The standard InChI is InChI=1S/C11H13F2NOS/c1-11(2,10(15)14-3)16-9-5-4-7(12)6-8(9)13/h4-6H,1-3H3,(H,14,15). The first-order valence-corrected chi connectivity index (χ1v) is 5.54. The Hall–Kier alpha value is -1.10. The van der Waals surface area contributed by atoms with E-state index in [9.17, 15) is 13.6 Å². The van der Waals surface area contributed by atoms with Crippen LogP contribution in [-0.2, 0) is 4.79 Å². The maximum absolute atomic E-state index is 13.4. The van der Waals surface area contributed by atoms with Gasteiger partial charge in [-0.25, -0.2) is 8.78 Å². The molecule has 0 aromatic heterocycles. The van der Waals surface area contributed by atoms with Crippen molar-refractivity contribution in [3.05, 3.63) is 29.8 Å². The Morgan fingerprint density at radius 1 is 1.38 bits per heavy atom. The quantitative estimate of drug-likeness (QED) is 0.829. The molecule has 1 N–H and O–H groups in total. The van der Waals surface area contributed by atoms with Gasteiger partial charge in [0.1, 0.15) is 11.6 Å². The van der Waals surface area contributed by atoms with Crippen LogP contribution in [0.5, 0.6) is 0 Å². The van der Waals surface area contributed by atoms with Crippen LogP contribution in [0.15, 0.2) is 23.1 Å². The lowest BCUT2D eigenvalue weighted by Gasteiger charge is -2.21. The molecule has 16 heavy (non-hydrogen) atoms. The normalized spacial score (nSPS) is 11.3. The van der Waals surface area contributed by atoms with Crippen molar-refractivity contribution in [1.29, 1.82) is 0 Å². The van der Waals surface area contributed by atoms with E-state index in [4.69, 9.17) is 0 Å². The zero-order valence-corrected chi connectivity index (χ0v) is 10.1. The van der Waals surface area contributed by atoms with Crippen LogP contribution >= 0.6 is 11.8 Å². The van der Waals surface area contributed by atoms with E-state index in [0.717, 1.165) is 17.8 Å². The number of halogens is 2. The molecule has 1 aromatic rings. The summed E-state index contributed by atoms with van der Waals surface area (Å²) in [7, 11) is 1.52. The minimum Gasteiger partial charge on any atom is -0.358 e. The highest BCUT2D eigenvalue weighted by Gasteiger charge is 2.29. The van der Waals surface area contributed by atoms with Crippen LogP contribution in [0.25, 0.3) is 0 Å². The van der Waals surface area contributed by atoms with E-state index in [0.29, 0.717) is 0 Å². The molecule has 1 aromatic carbocycles. The molecular weight excluding hydrogens is 232 g/mol. The number of carbonyl (C=O) groups is 1. The summed E-state index contributed by atoms with van der Waals surface area (Å²) in [6.45, 7) is 3.36. The van der Waals surface area contributed by atoms with Gasteiger partial charge in [-0.15, -0.1) is 11.8 Å². The summed E-state index contributed by atoms with van der Waals surface area (Å²) in [5, 5.41) is 2.50. The van der Waals surface area contributed by atoms with Crippen LogP contribution in [0.1, 0.15) is 13.8 Å². The third-order valence-corrected chi connectivity index (χ3v) is 3.28. The maximum Gasteiger partial charge on any atom is 0.235 e. The largest absolute Gasteiger partial charge is 0.358 e. The second-order valence-electron chi connectivity index (χ2n) is 3.77. The lowest BCUT2D eigenvalue weighted by molar-refractivity contribution is -0.122. The molecule has 1 amide bonds. The Bertz CT molecular complexity index is 407. The monoisotopic (exact) mass is 245 g/mol. The molecular formula is C11H13F2NOS. The van der Waals surface area contributed by atoms with Gasteiger partial charge in [-0.1, -0.05) is 0 Å². The van der Waals surface area contributed by atoms with Crippen molar-refractivity contribution in [2.45, 2.75) is 23.5 Å². The van der Waals surface area contributed by atoms with E-state index in [-0.39, 0.29) is 10.8 Å². The zero-order valence-electron chi connectivity index (χ0n) is 9.30. The summed E-state index contributed by atoms with van der Waals surface area (Å²) in [4.78, 5) is 11.7. The number of carbonyl (C=O) groups excluding carboxylic acids is 1. The van der Waals surface area contributed by atoms with Crippen LogP contribution in [-0.4, -0.2) is 17.7 Å². The van der Waals surface area contributed by atoms with Crippen LogP contribution in [0.4, 0.5) is 8.78 Å². The zero-order chi connectivity index (χ0) is 12.3. The number of hydrogen-bond donors (Lipinski definition) is 1. The molecule has 0 unspecified atom stereocenters. The van der Waals surface area contributed by atoms with E-state index < -0.39 is 16.4 Å². The second kappa shape index (κ2) is 4.82. The Kier molecular flexibility index (Phi) is 3.91. The first-order chi connectivity index (χ1) is 7.36. The molecule has 1 rings (SSSR count).